The lowest BCUT2D eigenvalue weighted by Gasteiger charge is -2.31. The topological polar surface area (TPSA) is 98.0 Å². The Bertz CT molecular complexity index is 1110. The SMILES string of the molecule is COCCn1nnnc1C(Nc1cnc2c(O)cccc2c1)C1CC12CCC(F)(F)CC2. The molecule has 0 radical (unpaired) electrons. The van der Waals surface area contributed by atoms with Gasteiger partial charge in [0.1, 0.15) is 11.3 Å². The standard InChI is InChI=1S/C22H26F2N6O2/c1-32-10-9-30-20(27-28-29-30)19(16-12-21(16)5-7-22(23,24)8-6-21)26-15-11-14-3-2-4-17(31)18(14)25-13-15/h2-4,11,13,16,19,26,31H,5-10,12H2,1H3. The lowest BCUT2D eigenvalue weighted by molar-refractivity contribution is -0.0522. The Balaban J connectivity index is 1.45. The number of para-hydroxylation sites is 1. The van der Waals surface area contributed by atoms with Crippen molar-refractivity contribution in [2.24, 2.45) is 11.3 Å². The molecule has 2 saturated carbocycles. The van der Waals surface area contributed by atoms with Crippen molar-refractivity contribution in [3.8, 4) is 5.75 Å². The number of fused-ring (bicyclic) bond motifs is 1. The van der Waals surface area contributed by atoms with Gasteiger partial charge in [0.2, 0.25) is 5.92 Å². The molecule has 2 unspecified atom stereocenters. The maximum atomic E-state index is 13.8. The number of aromatic hydroxyl groups is 1. The van der Waals surface area contributed by atoms with Crippen LogP contribution in [-0.2, 0) is 11.3 Å². The Labute approximate surface area is 184 Å². The van der Waals surface area contributed by atoms with Gasteiger partial charge in [-0.2, -0.15) is 0 Å². The van der Waals surface area contributed by atoms with Gasteiger partial charge in [0, 0.05) is 25.3 Å². The normalized spacial score (nSPS) is 22.2. The van der Waals surface area contributed by atoms with E-state index in [1.165, 1.54) is 0 Å². The van der Waals surface area contributed by atoms with Gasteiger partial charge in [0.15, 0.2) is 5.82 Å². The number of phenolic OH excluding ortho intramolecular Hbond substituents is 1. The van der Waals surface area contributed by atoms with E-state index in [1.807, 2.05) is 12.1 Å². The van der Waals surface area contributed by atoms with Gasteiger partial charge in [-0.05, 0) is 53.2 Å². The van der Waals surface area contributed by atoms with E-state index in [9.17, 15) is 13.9 Å². The van der Waals surface area contributed by atoms with Gasteiger partial charge in [-0.1, -0.05) is 12.1 Å². The van der Waals surface area contributed by atoms with Crippen molar-refractivity contribution < 1.29 is 18.6 Å². The summed E-state index contributed by atoms with van der Waals surface area (Å²) in [5, 5.41) is 26.6. The third kappa shape index (κ3) is 3.87. The number of alkyl halides is 2. The maximum absolute atomic E-state index is 13.8. The molecule has 0 amide bonds. The third-order valence-corrected chi connectivity index (χ3v) is 6.99. The molecule has 0 aliphatic heterocycles. The summed E-state index contributed by atoms with van der Waals surface area (Å²) in [5.74, 6) is -1.63. The summed E-state index contributed by atoms with van der Waals surface area (Å²) in [6.07, 6.45) is 3.41. The zero-order valence-corrected chi connectivity index (χ0v) is 17.8. The van der Waals surface area contributed by atoms with Gasteiger partial charge in [-0.25, -0.2) is 13.5 Å². The van der Waals surface area contributed by atoms with Crippen LogP contribution in [-0.4, -0.2) is 49.9 Å². The lowest BCUT2D eigenvalue weighted by Crippen LogP contribution is -2.29. The van der Waals surface area contributed by atoms with E-state index >= 15 is 0 Å². The van der Waals surface area contributed by atoms with E-state index < -0.39 is 5.92 Å². The first-order valence-electron chi connectivity index (χ1n) is 10.9. The molecule has 0 saturated heterocycles. The zero-order valence-electron chi connectivity index (χ0n) is 17.8. The molecule has 2 atom stereocenters. The number of nitrogens with zero attached hydrogens (tertiary/aromatic N) is 5. The molecule has 2 fully saturated rings. The maximum Gasteiger partial charge on any atom is 0.248 e. The minimum absolute atomic E-state index is 0.0678. The average Bonchev–Trinajstić information content (AvgIpc) is 3.28. The smallest absolute Gasteiger partial charge is 0.248 e. The minimum atomic E-state index is -2.56. The number of methoxy groups -OCH3 is 1. The van der Waals surface area contributed by atoms with E-state index in [1.54, 1.807) is 30.1 Å². The Morgan fingerprint density at radius 1 is 1.28 bits per heavy atom. The molecule has 3 aromatic rings. The molecule has 8 nitrogen and oxygen atoms in total. The number of phenols is 1. The van der Waals surface area contributed by atoms with Crippen molar-refractivity contribution in [3.63, 3.8) is 0 Å². The molecule has 2 aliphatic rings. The van der Waals surface area contributed by atoms with Gasteiger partial charge in [-0.15, -0.1) is 5.10 Å². The zero-order chi connectivity index (χ0) is 22.3. The van der Waals surface area contributed by atoms with Crippen LogP contribution < -0.4 is 5.32 Å². The number of rotatable bonds is 7. The van der Waals surface area contributed by atoms with Crippen molar-refractivity contribution in [2.75, 3.05) is 19.0 Å². The number of anilines is 1. The number of pyridine rings is 1. The molecule has 170 valence electrons. The number of hydrogen-bond donors (Lipinski definition) is 2. The van der Waals surface area contributed by atoms with E-state index in [0.29, 0.717) is 37.3 Å². The highest BCUT2D eigenvalue weighted by Gasteiger charge is 2.61. The largest absolute Gasteiger partial charge is 0.506 e. The number of halogens is 2. The van der Waals surface area contributed by atoms with Crippen LogP contribution in [0.5, 0.6) is 5.75 Å². The predicted octanol–water partition coefficient (Wildman–Crippen LogP) is 3.94. The Morgan fingerprint density at radius 3 is 2.88 bits per heavy atom. The number of benzene rings is 1. The van der Waals surface area contributed by atoms with Gasteiger partial charge in [-0.3, -0.25) is 4.98 Å². The summed E-state index contributed by atoms with van der Waals surface area (Å²) in [7, 11) is 1.62. The van der Waals surface area contributed by atoms with Crippen LogP contribution in [0.1, 0.15) is 44.0 Å². The molecule has 1 aromatic carbocycles. The molecule has 0 bridgehead atoms. The van der Waals surface area contributed by atoms with Crippen LogP contribution in [0, 0.1) is 11.3 Å². The lowest BCUT2D eigenvalue weighted by atomic mass is 9.81. The molecule has 10 heteroatoms. The van der Waals surface area contributed by atoms with Crippen LogP contribution in [0.2, 0.25) is 0 Å². The molecule has 2 aliphatic carbocycles. The van der Waals surface area contributed by atoms with Gasteiger partial charge in [0.05, 0.1) is 31.1 Å². The number of aromatic nitrogens is 5. The fourth-order valence-electron chi connectivity index (χ4n) is 5.06. The molecular weight excluding hydrogens is 418 g/mol. The van der Waals surface area contributed by atoms with Crippen molar-refractivity contribution in [2.45, 2.75) is 50.6 Å². The molecule has 2 aromatic heterocycles. The van der Waals surface area contributed by atoms with Crippen LogP contribution >= 0.6 is 0 Å². The highest BCUT2D eigenvalue weighted by molar-refractivity contribution is 5.86. The molecule has 2 heterocycles. The number of nitrogens with one attached hydrogen (secondary N) is 1. The first kappa shape index (κ1) is 21.0. The quantitative estimate of drug-likeness (QED) is 0.570. The van der Waals surface area contributed by atoms with Crippen molar-refractivity contribution in [3.05, 3.63) is 36.3 Å². The highest BCUT2D eigenvalue weighted by atomic mass is 19.3. The minimum Gasteiger partial charge on any atom is -0.506 e. The summed E-state index contributed by atoms with van der Waals surface area (Å²) in [6.45, 7) is 0.961. The van der Waals surface area contributed by atoms with Crippen molar-refractivity contribution in [1.29, 1.82) is 0 Å². The van der Waals surface area contributed by atoms with Crippen LogP contribution in [0.15, 0.2) is 30.5 Å². The second kappa shape index (κ2) is 7.91. The number of ether oxygens (including phenoxy) is 1. The predicted molar refractivity (Wildman–Crippen MR) is 113 cm³/mol. The number of hydrogen-bond acceptors (Lipinski definition) is 7. The summed E-state index contributed by atoms with van der Waals surface area (Å²) in [5.41, 5.74) is 1.18. The van der Waals surface area contributed by atoms with E-state index in [-0.39, 0.29) is 36.0 Å². The second-order valence-corrected chi connectivity index (χ2v) is 8.98. The summed E-state index contributed by atoms with van der Waals surface area (Å²) < 4.78 is 34.5. The summed E-state index contributed by atoms with van der Waals surface area (Å²) in [6, 6.07) is 6.92. The Kier molecular flexibility index (Phi) is 5.19. The summed E-state index contributed by atoms with van der Waals surface area (Å²) >= 11 is 0. The van der Waals surface area contributed by atoms with Crippen LogP contribution in [0.25, 0.3) is 10.9 Å². The second-order valence-electron chi connectivity index (χ2n) is 8.98. The van der Waals surface area contributed by atoms with E-state index in [0.717, 1.165) is 17.5 Å². The average molecular weight is 444 g/mol. The van der Waals surface area contributed by atoms with Crippen LogP contribution in [0.4, 0.5) is 14.5 Å². The summed E-state index contributed by atoms with van der Waals surface area (Å²) in [4.78, 5) is 4.40. The first-order valence-corrected chi connectivity index (χ1v) is 10.9. The molecular formula is C22H26F2N6O2. The third-order valence-electron chi connectivity index (χ3n) is 6.99. The van der Waals surface area contributed by atoms with Crippen LogP contribution in [0.3, 0.4) is 0 Å². The number of tetrazole rings is 1. The Morgan fingerprint density at radius 2 is 2.09 bits per heavy atom. The molecule has 1 spiro atoms. The molecule has 2 N–H and O–H groups in total. The highest BCUT2D eigenvalue weighted by Crippen LogP contribution is 2.67. The fraction of sp³-hybridized carbons (Fsp3) is 0.545. The molecule has 5 rings (SSSR count). The van der Waals surface area contributed by atoms with E-state index in [4.69, 9.17) is 4.74 Å². The first-order chi connectivity index (χ1) is 15.4. The Hall–Kier alpha value is -2.88. The van der Waals surface area contributed by atoms with E-state index in [2.05, 4.69) is 25.8 Å². The fourth-order valence-corrected chi connectivity index (χ4v) is 5.06. The van der Waals surface area contributed by atoms with Crippen molar-refractivity contribution in [1.82, 2.24) is 25.2 Å². The van der Waals surface area contributed by atoms with Crippen molar-refractivity contribution >= 4 is 16.6 Å². The monoisotopic (exact) mass is 444 g/mol. The van der Waals surface area contributed by atoms with Gasteiger partial charge < -0.3 is 15.2 Å². The molecule has 32 heavy (non-hydrogen) atoms. The van der Waals surface area contributed by atoms with Gasteiger partial charge >= 0.3 is 0 Å². The van der Waals surface area contributed by atoms with Gasteiger partial charge in [0.25, 0.3) is 0 Å².